The Balaban J connectivity index is 1.24. The third-order valence-corrected chi connectivity index (χ3v) is 7.01. The number of fused-ring (bicyclic) bond motifs is 3. The first-order valence-electron chi connectivity index (χ1n) is 11.4. The maximum atomic E-state index is 12.8. The Morgan fingerprint density at radius 3 is 2.73 bits per heavy atom. The molecule has 1 saturated heterocycles. The van der Waals surface area contributed by atoms with Gasteiger partial charge in [-0.15, -0.1) is 21.5 Å². The molecule has 0 saturated carbocycles. The smallest absolute Gasteiger partial charge is 0.272 e. The molecule has 1 aliphatic rings. The number of nitrogens with zero attached hydrogens (tertiary/aromatic N) is 7. The summed E-state index contributed by atoms with van der Waals surface area (Å²) in [5, 5.41) is 10.6. The van der Waals surface area contributed by atoms with Gasteiger partial charge in [-0.1, -0.05) is 13.0 Å². The Morgan fingerprint density at radius 1 is 1.12 bits per heavy atom. The zero-order valence-corrected chi connectivity index (χ0v) is 19.5. The summed E-state index contributed by atoms with van der Waals surface area (Å²) in [5.41, 5.74) is 0.845. The van der Waals surface area contributed by atoms with E-state index in [0.29, 0.717) is 44.7 Å². The molecule has 172 valence electrons. The van der Waals surface area contributed by atoms with Crippen LogP contribution >= 0.6 is 11.3 Å². The number of amides is 1. The van der Waals surface area contributed by atoms with Gasteiger partial charge in [-0.2, -0.15) is 0 Å². The molecule has 0 radical (unpaired) electrons. The highest BCUT2D eigenvalue weighted by Gasteiger charge is 2.22. The fourth-order valence-corrected chi connectivity index (χ4v) is 5.27. The van der Waals surface area contributed by atoms with Crippen molar-refractivity contribution < 1.29 is 4.79 Å². The standard InChI is InChI=1S/C23H27N7O2S/c1-2-11-29-22(32)21-17(9-16-33-21)30-19(25-26-23(29)30)7-5-8-20(31)28-14-12-27(13-15-28)18-6-3-4-10-24-18/h3-4,6,9-10,16H,2,5,7-8,11-15H2,1H3. The molecule has 0 aliphatic carbocycles. The van der Waals surface area contributed by atoms with E-state index in [9.17, 15) is 9.59 Å². The number of anilines is 1. The van der Waals surface area contributed by atoms with E-state index in [0.717, 1.165) is 41.4 Å². The molecule has 4 aromatic rings. The Kier molecular flexibility index (Phi) is 6.08. The molecular formula is C23H27N7O2S. The molecule has 1 amide bonds. The van der Waals surface area contributed by atoms with Crippen LogP contribution in [0.3, 0.4) is 0 Å². The molecule has 5 rings (SSSR count). The van der Waals surface area contributed by atoms with Crippen molar-refractivity contribution in [3.05, 3.63) is 52.0 Å². The van der Waals surface area contributed by atoms with Gasteiger partial charge in [0.15, 0.2) is 0 Å². The molecule has 0 unspecified atom stereocenters. The number of hydrogen-bond donors (Lipinski definition) is 0. The predicted octanol–water partition coefficient (Wildman–Crippen LogP) is 2.58. The molecule has 0 aromatic carbocycles. The van der Waals surface area contributed by atoms with Gasteiger partial charge >= 0.3 is 0 Å². The van der Waals surface area contributed by atoms with E-state index in [2.05, 4.69) is 20.1 Å². The van der Waals surface area contributed by atoms with Gasteiger partial charge < -0.3 is 9.80 Å². The number of carbonyl (C=O) groups is 1. The van der Waals surface area contributed by atoms with E-state index in [1.165, 1.54) is 11.3 Å². The van der Waals surface area contributed by atoms with Gasteiger partial charge in [-0.3, -0.25) is 18.6 Å². The Bertz CT molecular complexity index is 1320. The maximum Gasteiger partial charge on any atom is 0.272 e. The monoisotopic (exact) mass is 465 g/mol. The lowest BCUT2D eigenvalue weighted by Gasteiger charge is -2.35. The second-order valence-electron chi connectivity index (χ2n) is 8.25. The van der Waals surface area contributed by atoms with Gasteiger partial charge in [-0.05, 0) is 36.4 Å². The predicted molar refractivity (Wildman–Crippen MR) is 129 cm³/mol. The highest BCUT2D eigenvalue weighted by atomic mass is 32.1. The Labute approximate surface area is 195 Å². The fraction of sp³-hybridized carbons (Fsp3) is 0.435. The minimum atomic E-state index is -0.00618. The molecule has 10 heteroatoms. The molecule has 5 heterocycles. The number of rotatable bonds is 7. The summed E-state index contributed by atoms with van der Waals surface area (Å²) < 4.78 is 4.42. The van der Waals surface area contributed by atoms with E-state index in [-0.39, 0.29) is 11.5 Å². The number of pyridine rings is 1. The summed E-state index contributed by atoms with van der Waals surface area (Å²) in [6.45, 7) is 5.66. The summed E-state index contributed by atoms with van der Waals surface area (Å²) in [4.78, 5) is 34.2. The van der Waals surface area contributed by atoms with Crippen molar-refractivity contribution in [1.29, 1.82) is 0 Å². The van der Waals surface area contributed by atoms with Crippen molar-refractivity contribution >= 4 is 39.1 Å². The van der Waals surface area contributed by atoms with Crippen LogP contribution in [-0.2, 0) is 17.8 Å². The number of aromatic nitrogens is 5. The van der Waals surface area contributed by atoms with Crippen LogP contribution < -0.4 is 10.5 Å². The molecule has 1 fully saturated rings. The highest BCUT2D eigenvalue weighted by molar-refractivity contribution is 7.17. The van der Waals surface area contributed by atoms with Gasteiger partial charge in [0.25, 0.3) is 5.56 Å². The van der Waals surface area contributed by atoms with Gasteiger partial charge in [0.1, 0.15) is 16.3 Å². The number of aryl methyl sites for hydroxylation is 2. The van der Waals surface area contributed by atoms with Crippen molar-refractivity contribution in [2.45, 2.75) is 39.2 Å². The topological polar surface area (TPSA) is 88.6 Å². The van der Waals surface area contributed by atoms with Gasteiger partial charge in [0.05, 0.1) is 5.52 Å². The summed E-state index contributed by atoms with van der Waals surface area (Å²) in [6, 6.07) is 7.85. The quantitative estimate of drug-likeness (QED) is 0.417. The van der Waals surface area contributed by atoms with E-state index in [1.54, 1.807) is 10.8 Å². The van der Waals surface area contributed by atoms with Crippen LogP contribution in [0.4, 0.5) is 5.82 Å². The molecule has 0 N–H and O–H groups in total. The molecule has 0 bridgehead atoms. The summed E-state index contributed by atoms with van der Waals surface area (Å²) in [6.07, 6.45) is 4.44. The van der Waals surface area contributed by atoms with Crippen molar-refractivity contribution in [2.75, 3.05) is 31.1 Å². The van der Waals surface area contributed by atoms with Gasteiger partial charge in [0, 0.05) is 51.8 Å². The first-order valence-corrected chi connectivity index (χ1v) is 12.3. The fourth-order valence-electron chi connectivity index (χ4n) is 4.45. The van der Waals surface area contributed by atoms with Crippen LogP contribution in [0, 0.1) is 0 Å². The largest absolute Gasteiger partial charge is 0.353 e. The summed E-state index contributed by atoms with van der Waals surface area (Å²) in [7, 11) is 0. The first-order chi connectivity index (χ1) is 16.2. The lowest BCUT2D eigenvalue weighted by Crippen LogP contribution is -2.49. The zero-order chi connectivity index (χ0) is 22.8. The molecule has 0 spiro atoms. The summed E-state index contributed by atoms with van der Waals surface area (Å²) >= 11 is 1.45. The van der Waals surface area contributed by atoms with E-state index < -0.39 is 0 Å². The molecule has 4 aromatic heterocycles. The number of hydrogen-bond acceptors (Lipinski definition) is 7. The summed E-state index contributed by atoms with van der Waals surface area (Å²) in [5.74, 6) is 2.52. The van der Waals surface area contributed by atoms with E-state index in [1.807, 2.05) is 45.9 Å². The second-order valence-corrected chi connectivity index (χ2v) is 9.17. The molecular weight excluding hydrogens is 438 g/mol. The minimum Gasteiger partial charge on any atom is -0.353 e. The Hall–Kier alpha value is -3.27. The van der Waals surface area contributed by atoms with E-state index >= 15 is 0 Å². The second kappa shape index (κ2) is 9.30. The van der Waals surface area contributed by atoms with Crippen LogP contribution in [-0.4, -0.2) is 61.1 Å². The van der Waals surface area contributed by atoms with Crippen LogP contribution in [0.25, 0.3) is 16.0 Å². The van der Waals surface area contributed by atoms with E-state index in [4.69, 9.17) is 0 Å². The average molecular weight is 466 g/mol. The minimum absolute atomic E-state index is 0.00618. The normalized spacial score (nSPS) is 14.5. The van der Waals surface area contributed by atoms with Crippen molar-refractivity contribution in [3.8, 4) is 0 Å². The van der Waals surface area contributed by atoms with Crippen LogP contribution in [0.1, 0.15) is 32.0 Å². The highest BCUT2D eigenvalue weighted by Crippen LogP contribution is 2.21. The van der Waals surface area contributed by atoms with Crippen LogP contribution in [0.5, 0.6) is 0 Å². The van der Waals surface area contributed by atoms with Crippen molar-refractivity contribution in [1.82, 2.24) is 29.0 Å². The first kappa shape index (κ1) is 21.6. The molecule has 33 heavy (non-hydrogen) atoms. The third kappa shape index (κ3) is 4.10. The van der Waals surface area contributed by atoms with Gasteiger partial charge in [-0.25, -0.2) is 4.98 Å². The SMILES string of the molecule is CCCn1c(=O)c2sccc2n2c(CCCC(=O)N3CCN(c4ccccn4)CC3)nnc12. The maximum absolute atomic E-state index is 12.8. The van der Waals surface area contributed by atoms with Crippen LogP contribution in [0.2, 0.25) is 0 Å². The third-order valence-electron chi connectivity index (χ3n) is 6.12. The molecule has 9 nitrogen and oxygen atoms in total. The molecule has 0 atom stereocenters. The average Bonchev–Trinajstić information content (AvgIpc) is 3.50. The van der Waals surface area contributed by atoms with Crippen molar-refractivity contribution in [3.63, 3.8) is 0 Å². The number of carbonyl (C=O) groups excluding carboxylic acids is 1. The van der Waals surface area contributed by atoms with Crippen LogP contribution in [0.15, 0.2) is 40.6 Å². The Morgan fingerprint density at radius 2 is 1.97 bits per heavy atom. The number of thiophene rings is 1. The lowest BCUT2D eigenvalue weighted by atomic mass is 10.2. The van der Waals surface area contributed by atoms with Gasteiger partial charge in [0.2, 0.25) is 11.7 Å². The number of piperazine rings is 1. The molecule has 1 aliphatic heterocycles. The zero-order valence-electron chi connectivity index (χ0n) is 18.7. The van der Waals surface area contributed by atoms with Crippen molar-refractivity contribution in [2.24, 2.45) is 0 Å². The lowest BCUT2D eigenvalue weighted by molar-refractivity contribution is -0.131.